The highest BCUT2D eigenvalue weighted by Gasteiger charge is 2.07. The molecule has 1 unspecified atom stereocenters. The number of para-hydroxylation sites is 2. The predicted octanol–water partition coefficient (Wildman–Crippen LogP) is 2.33. The van der Waals surface area contributed by atoms with Crippen LogP contribution in [0.2, 0.25) is 0 Å². The average molecular weight is 257 g/mol. The molecule has 94 valence electrons. The van der Waals surface area contributed by atoms with Crippen LogP contribution < -0.4 is 10.5 Å². The molecule has 4 nitrogen and oxygen atoms in total. The largest absolute Gasteiger partial charge is 0.486 e. The maximum Gasteiger partial charge on any atom is 0.145 e. The van der Waals surface area contributed by atoms with E-state index in [1.54, 1.807) is 7.11 Å². The van der Waals surface area contributed by atoms with Gasteiger partial charge in [-0.05, 0) is 19.1 Å². The SMILES string of the molecule is COCC(C)Oc1ccccc1N=C(N)CCl. The van der Waals surface area contributed by atoms with Gasteiger partial charge in [-0.2, -0.15) is 0 Å². The van der Waals surface area contributed by atoms with Crippen LogP contribution in [0, 0.1) is 0 Å². The quantitative estimate of drug-likeness (QED) is 0.483. The van der Waals surface area contributed by atoms with Crippen LogP contribution in [0.3, 0.4) is 0 Å². The molecule has 0 fully saturated rings. The third-order valence-corrected chi connectivity index (χ3v) is 2.27. The third-order valence-electron chi connectivity index (χ3n) is 2.00. The van der Waals surface area contributed by atoms with Crippen molar-refractivity contribution < 1.29 is 9.47 Å². The Labute approximate surface area is 106 Å². The minimum absolute atomic E-state index is 0.0476. The fourth-order valence-corrected chi connectivity index (χ4v) is 1.38. The first kappa shape index (κ1) is 13.8. The predicted molar refractivity (Wildman–Crippen MR) is 70.4 cm³/mol. The Morgan fingerprint density at radius 2 is 2.18 bits per heavy atom. The highest BCUT2D eigenvalue weighted by atomic mass is 35.5. The van der Waals surface area contributed by atoms with Crippen LogP contribution in [0.5, 0.6) is 5.75 Å². The first-order valence-corrected chi connectivity index (χ1v) is 5.84. The van der Waals surface area contributed by atoms with Gasteiger partial charge in [0.15, 0.2) is 0 Å². The van der Waals surface area contributed by atoms with E-state index >= 15 is 0 Å². The molecule has 1 rings (SSSR count). The molecule has 0 saturated carbocycles. The summed E-state index contributed by atoms with van der Waals surface area (Å²) in [5, 5.41) is 0. The summed E-state index contributed by atoms with van der Waals surface area (Å²) in [7, 11) is 1.63. The molecule has 0 bridgehead atoms. The van der Waals surface area contributed by atoms with Crippen LogP contribution in [0.4, 0.5) is 5.69 Å². The summed E-state index contributed by atoms with van der Waals surface area (Å²) in [6.45, 7) is 2.44. The molecule has 0 amide bonds. The van der Waals surface area contributed by atoms with Gasteiger partial charge < -0.3 is 15.2 Å². The van der Waals surface area contributed by atoms with E-state index in [4.69, 9.17) is 26.8 Å². The zero-order valence-corrected chi connectivity index (χ0v) is 10.8. The molecule has 0 heterocycles. The number of amidine groups is 1. The molecule has 0 aliphatic heterocycles. The van der Waals surface area contributed by atoms with E-state index in [0.29, 0.717) is 23.9 Å². The number of nitrogens with zero attached hydrogens (tertiary/aromatic N) is 1. The van der Waals surface area contributed by atoms with Crippen molar-refractivity contribution in [1.82, 2.24) is 0 Å². The number of rotatable bonds is 6. The van der Waals surface area contributed by atoms with Gasteiger partial charge in [-0.3, -0.25) is 0 Å². The maximum absolute atomic E-state index is 5.70. The van der Waals surface area contributed by atoms with Crippen LogP contribution in [-0.4, -0.2) is 31.5 Å². The van der Waals surface area contributed by atoms with Gasteiger partial charge in [0, 0.05) is 7.11 Å². The van der Waals surface area contributed by atoms with Crippen molar-refractivity contribution in [2.45, 2.75) is 13.0 Å². The minimum atomic E-state index is -0.0476. The van der Waals surface area contributed by atoms with Gasteiger partial charge in [-0.1, -0.05) is 12.1 Å². The summed E-state index contributed by atoms with van der Waals surface area (Å²) < 4.78 is 10.7. The standard InChI is InChI=1S/C12H17ClN2O2/c1-9(8-16-2)17-11-6-4-3-5-10(11)15-12(14)7-13/h3-6,9H,7-8H2,1-2H3,(H2,14,15). The number of halogens is 1. The topological polar surface area (TPSA) is 56.8 Å². The first-order chi connectivity index (χ1) is 8.17. The lowest BCUT2D eigenvalue weighted by Crippen LogP contribution is -2.18. The molecule has 0 aliphatic carbocycles. The average Bonchev–Trinajstić information content (AvgIpc) is 2.31. The fraction of sp³-hybridized carbons (Fsp3) is 0.417. The summed E-state index contributed by atoms with van der Waals surface area (Å²) in [6.07, 6.45) is -0.0476. The number of hydrogen-bond acceptors (Lipinski definition) is 3. The van der Waals surface area contributed by atoms with Gasteiger partial charge in [0.05, 0.1) is 12.5 Å². The number of aliphatic imine (C=N–C) groups is 1. The van der Waals surface area contributed by atoms with Crippen LogP contribution in [0.15, 0.2) is 29.3 Å². The molecular weight excluding hydrogens is 240 g/mol. The van der Waals surface area contributed by atoms with Gasteiger partial charge in [0.1, 0.15) is 23.4 Å². The Bertz CT molecular complexity index is 383. The van der Waals surface area contributed by atoms with Crippen molar-refractivity contribution in [3.05, 3.63) is 24.3 Å². The Morgan fingerprint density at radius 3 is 2.82 bits per heavy atom. The van der Waals surface area contributed by atoms with Gasteiger partial charge in [0.2, 0.25) is 0 Å². The van der Waals surface area contributed by atoms with Crippen molar-refractivity contribution in [2.24, 2.45) is 10.7 Å². The molecule has 0 aromatic heterocycles. The van der Waals surface area contributed by atoms with Crippen LogP contribution in [-0.2, 0) is 4.74 Å². The van der Waals surface area contributed by atoms with Crippen molar-refractivity contribution in [3.8, 4) is 5.75 Å². The Balaban J connectivity index is 2.84. The van der Waals surface area contributed by atoms with Crippen LogP contribution >= 0.6 is 11.6 Å². The van der Waals surface area contributed by atoms with Gasteiger partial charge in [0.25, 0.3) is 0 Å². The molecule has 0 radical (unpaired) electrons. The smallest absolute Gasteiger partial charge is 0.145 e. The Kier molecular flexibility index (Phi) is 5.80. The Hall–Kier alpha value is -1.26. The molecule has 5 heteroatoms. The second-order valence-electron chi connectivity index (χ2n) is 3.59. The molecule has 2 N–H and O–H groups in total. The lowest BCUT2D eigenvalue weighted by molar-refractivity contribution is 0.0925. The molecule has 17 heavy (non-hydrogen) atoms. The summed E-state index contributed by atoms with van der Waals surface area (Å²) in [4.78, 5) is 4.19. The van der Waals surface area contributed by atoms with E-state index in [1.807, 2.05) is 31.2 Å². The van der Waals surface area contributed by atoms with Crippen molar-refractivity contribution in [2.75, 3.05) is 19.6 Å². The van der Waals surface area contributed by atoms with Gasteiger partial charge >= 0.3 is 0 Å². The van der Waals surface area contributed by atoms with E-state index in [-0.39, 0.29) is 12.0 Å². The summed E-state index contributed by atoms with van der Waals surface area (Å²) in [5.41, 5.74) is 6.28. The molecule has 0 aliphatic rings. The number of hydrogen-bond donors (Lipinski definition) is 1. The van der Waals surface area contributed by atoms with E-state index in [1.165, 1.54) is 0 Å². The monoisotopic (exact) mass is 256 g/mol. The summed E-state index contributed by atoms with van der Waals surface area (Å²) in [5.74, 6) is 1.23. The normalized spacial score (nSPS) is 13.5. The summed E-state index contributed by atoms with van der Waals surface area (Å²) >= 11 is 5.59. The number of alkyl halides is 1. The second kappa shape index (κ2) is 7.14. The highest BCUT2D eigenvalue weighted by molar-refractivity contribution is 6.28. The summed E-state index contributed by atoms with van der Waals surface area (Å²) in [6, 6.07) is 7.42. The number of benzene rings is 1. The zero-order valence-electron chi connectivity index (χ0n) is 10.0. The number of ether oxygens (including phenoxy) is 2. The first-order valence-electron chi connectivity index (χ1n) is 5.31. The molecular formula is C12H17ClN2O2. The second-order valence-corrected chi connectivity index (χ2v) is 3.86. The van der Waals surface area contributed by atoms with Gasteiger partial charge in [-0.15, -0.1) is 11.6 Å². The van der Waals surface area contributed by atoms with E-state index in [2.05, 4.69) is 4.99 Å². The highest BCUT2D eigenvalue weighted by Crippen LogP contribution is 2.27. The fourth-order valence-electron chi connectivity index (χ4n) is 1.32. The van der Waals surface area contributed by atoms with Crippen molar-refractivity contribution in [1.29, 1.82) is 0 Å². The molecule has 1 aromatic rings. The van der Waals surface area contributed by atoms with Crippen LogP contribution in [0.1, 0.15) is 6.92 Å². The molecule has 1 aromatic carbocycles. The Morgan fingerprint density at radius 1 is 1.47 bits per heavy atom. The van der Waals surface area contributed by atoms with Crippen LogP contribution in [0.25, 0.3) is 0 Å². The molecule has 0 spiro atoms. The third kappa shape index (κ3) is 4.63. The lowest BCUT2D eigenvalue weighted by atomic mass is 10.3. The van der Waals surface area contributed by atoms with Gasteiger partial charge in [-0.25, -0.2) is 4.99 Å². The lowest BCUT2D eigenvalue weighted by Gasteiger charge is -2.15. The van der Waals surface area contributed by atoms with Crippen molar-refractivity contribution in [3.63, 3.8) is 0 Å². The van der Waals surface area contributed by atoms with E-state index < -0.39 is 0 Å². The minimum Gasteiger partial charge on any atom is -0.486 e. The molecule has 0 saturated heterocycles. The maximum atomic E-state index is 5.70. The van der Waals surface area contributed by atoms with Crippen molar-refractivity contribution >= 4 is 23.1 Å². The zero-order chi connectivity index (χ0) is 12.7. The molecule has 1 atom stereocenters. The van der Waals surface area contributed by atoms with E-state index in [9.17, 15) is 0 Å². The number of nitrogens with two attached hydrogens (primary N) is 1. The van der Waals surface area contributed by atoms with E-state index in [0.717, 1.165) is 0 Å². The number of methoxy groups -OCH3 is 1.